The molecule has 2 aliphatic heterocycles. The molecule has 0 bridgehead atoms. The number of benzene rings is 1. The standard InChI is InChI=1S/C20H25F3O4/c1-2-3-14-10-24-18(25-11-14)9-4-15-12-26-19(27-13-15)16-5-7-17(8-6-16)20(21,22)23/h2-3,5-8,14-15,18-19H,4,9-13H2,1H3/b3-2+. The largest absolute Gasteiger partial charge is 0.416 e. The van der Waals surface area contributed by atoms with Crippen molar-refractivity contribution in [2.75, 3.05) is 26.4 Å². The molecule has 0 unspecified atom stereocenters. The van der Waals surface area contributed by atoms with Crippen molar-refractivity contribution in [1.29, 1.82) is 0 Å². The maximum Gasteiger partial charge on any atom is 0.416 e. The summed E-state index contributed by atoms with van der Waals surface area (Å²) in [5.74, 6) is 0.535. The third-order valence-electron chi connectivity index (χ3n) is 4.74. The van der Waals surface area contributed by atoms with Crippen LogP contribution in [-0.4, -0.2) is 32.7 Å². The van der Waals surface area contributed by atoms with Gasteiger partial charge in [0.1, 0.15) is 0 Å². The van der Waals surface area contributed by atoms with E-state index in [4.69, 9.17) is 18.9 Å². The molecule has 3 rings (SSSR count). The minimum atomic E-state index is -4.34. The zero-order chi connectivity index (χ0) is 19.3. The third-order valence-corrected chi connectivity index (χ3v) is 4.74. The summed E-state index contributed by atoms with van der Waals surface area (Å²) in [7, 11) is 0. The van der Waals surface area contributed by atoms with E-state index in [9.17, 15) is 13.2 Å². The van der Waals surface area contributed by atoms with Gasteiger partial charge in [-0.25, -0.2) is 0 Å². The fourth-order valence-corrected chi connectivity index (χ4v) is 3.21. The van der Waals surface area contributed by atoms with Crippen LogP contribution in [0.5, 0.6) is 0 Å². The van der Waals surface area contributed by atoms with Crippen LogP contribution in [0.15, 0.2) is 36.4 Å². The van der Waals surface area contributed by atoms with E-state index in [1.165, 1.54) is 12.1 Å². The lowest BCUT2D eigenvalue weighted by atomic mass is 10.0. The van der Waals surface area contributed by atoms with E-state index in [1.54, 1.807) is 0 Å². The summed E-state index contributed by atoms with van der Waals surface area (Å²) >= 11 is 0. The second-order valence-electron chi connectivity index (χ2n) is 6.94. The molecular weight excluding hydrogens is 361 g/mol. The Morgan fingerprint density at radius 2 is 1.56 bits per heavy atom. The summed E-state index contributed by atoms with van der Waals surface area (Å²) in [6.07, 6.45) is 0.547. The van der Waals surface area contributed by atoms with Crippen molar-refractivity contribution in [2.45, 2.75) is 38.5 Å². The highest BCUT2D eigenvalue weighted by molar-refractivity contribution is 5.25. The Morgan fingerprint density at radius 1 is 0.926 bits per heavy atom. The van der Waals surface area contributed by atoms with E-state index in [0.717, 1.165) is 25.0 Å². The van der Waals surface area contributed by atoms with Gasteiger partial charge in [0.25, 0.3) is 0 Å². The van der Waals surface area contributed by atoms with Crippen molar-refractivity contribution >= 4 is 0 Å². The van der Waals surface area contributed by atoms with Crippen LogP contribution in [0.1, 0.15) is 37.2 Å². The fourth-order valence-electron chi connectivity index (χ4n) is 3.21. The normalized spacial score (nSPS) is 29.9. The van der Waals surface area contributed by atoms with Crippen molar-refractivity contribution in [3.63, 3.8) is 0 Å². The van der Waals surface area contributed by atoms with Gasteiger partial charge in [0.2, 0.25) is 0 Å². The van der Waals surface area contributed by atoms with Crippen molar-refractivity contribution in [1.82, 2.24) is 0 Å². The SMILES string of the molecule is C/C=C/C1COC(CCC2COC(c3ccc(C(F)(F)F)cc3)OC2)OC1. The molecule has 1 aromatic rings. The Bertz CT molecular complexity index is 599. The molecule has 0 spiro atoms. The third kappa shape index (κ3) is 5.78. The second kappa shape index (κ2) is 9.19. The molecule has 1 aromatic carbocycles. The molecule has 2 aliphatic rings. The Labute approximate surface area is 157 Å². The fraction of sp³-hybridized carbons (Fsp3) is 0.600. The van der Waals surface area contributed by atoms with E-state index in [-0.39, 0.29) is 12.2 Å². The van der Waals surface area contributed by atoms with Crippen LogP contribution in [0.4, 0.5) is 13.2 Å². The molecule has 0 atom stereocenters. The highest BCUT2D eigenvalue weighted by Gasteiger charge is 2.31. The lowest BCUT2D eigenvalue weighted by Gasteiger charge is -2.32. The Kier molecular flexibility index (Phi) is 6.92. The van der Waals surface area contributed by atoms with Gasteiger partial charge in [-0.05, 0) is 31.9 Å². The molecule has 150 valence electrons. The molecule has 0 radical (unpaired) electrons. The Morgan fingerprint density at radius 3 is 2.11 bits per heavy atom. The quantitative estimate of drug-likeness (QED) is 0.687. The van der Waals surface area contributed by atoms with Gasteiger partial charge in [-0.1, -0.05) is 24.3 Å². The first-order valence-electron chi connectivity index (χ1n) is 9.22. The molecule has 27 heavy (non-hydrogen) atoms. The predicted octanol–water partition coefficient (Wildman–Crippen LogP) is 4.71. The molecule has 0 aromatic heterocycles. The summed E-state index contributed by atoms with van der Waals surface area (Å²) in [5, 5.41) is 0. The lowest BCUT2D eigenvalue weighted by Crippen LogP contribution is -2.33. The van der Waals surface area contributed by atoms with Crippen molar-refractivity contribution in [3.05, 3.63) is 47.5 Å². The first kappa shape index (κ1) is 20.3. The van der Waals surface area contributed by atoms with Gasteiger partial charge in [0, 0.05) is 17.4 Å². The molecule has 0 amide bonds. The highest BCUT2D eigenvalue weighted by Crippen LogP contribution is 2.32. The molecule has 0 aliphatic carbocycles. The first-order chi connectivity index (χ1) is 13.0. The van der Waals surface area contributed by atoms with Crippen LogP contribution in [-0.2, 0) is 25.1 Å². The minimum absolute atomic E-state index is 0.195. The average Bonchev–Trinajstić information content (AvgIpc) is 2.68. The van der Waals surface area contributed by atoms with Crippen LogP contribution in [0.2, 0.25) is 0 Å². The van der Waals surface area contributed by atoms with E-state index in [2.05, 4.69) is 6.08 Å². The molecular formula is C20H25F3O4. The first-order valence-corrected chi connectivity index (χ1v) is 9.22. The molecule has 2 heterocycles. The number of ether oxygens (including phenoxy) is 4. The van der Waals surface area contributed by atoms with Crippen molar-refractivity contribution < 1.29 is 32.1 Å². The molecule has 0 N–H and O–H groups in total. The minimum Gasteiger partial charge on any atom is -0.352 e. The second-order valence-corrected chi connectivity index (χ2v) is 6.94. The molecule has 2 saturated heterocycles. The van der Waals surface area contributed by atoms with Crippen LogP contribution in [0, 0.1) is 11.8 Å². The van der Waals surface area contributed by atoms with Gasteiger partial charge in [-0.3, -0.25) is 0 Å². The molecule has 4 nitrogen and oxygen atoms in total. The summed E-state index contributed by atoms with van der Waals surface area (Å²) in [4.78, 5) is 0. The number of halogens is 3. The molecule has 0 saturated carbocycles. The number of hydrogen-bond acceptors (Lipinski definition) is 4. The zero-order valence-corrected chi connectivity index (χ0v) is 15.3. The summed E-state index contributed by atoms with van der Waals surface area (Å²) in [6.45, 7) is 4.32. The number of rotatable bonds is 5. The van der Waals surface area contributed by atoms with Gasteiger partial charge < -0.3 is 18.9 Å². The maximum atomic E-state index is 12.6. The van der Waals surface area contributed by atoms with E-state index < -0.39 is 18.0 Å². The Hall–Kier alpha value is -1.41. The number of alkyl halides is 3. The average molecular weight is 386 g/mol. The van der Waals surface area contributed by atoms with Crippen molar-refractivity contribution in [2.24, 2.45) is 11.8 Å². The predicted molar refractivity (Wildman–Crippen MR) is 92.8 cm³/mol. The highest BCUT2D eigenvalue weighted by atomic mass is 19.4. The van der Waals surface area contributed by atoms with Crippen LogP contribution < -0.4 is 0 Å². The summed E-state index contributed by atoms with van der Waals surface area (Å²) < 4.78 is 60.7. The van der Waals surface area contributed by atoms with Crippen LogP contribution in [0.3, 0.4) is 0 Å². The lowest BCUT2D eigenvalue weighted by molar-refractivity contribution is -0.217. The Balaban J connectivity index is 1.39. The summed E-state index contributed by atoms with van der Waals surface area (Å²) in [5.41, 5.74) is -0.0838. The summed E-state index contributed by atoms with van der Waals surface area (Å²) in [6, 6.07) is 4.90. The van der Waals surface area contributed by atoms with Crippen LogP contribution >= 0.6 is 0 Å². The van der Waals surface area contributed by atoms with Crippen molar-refractivity contribution in [3.8, 4) is 0 Å². The number of allylic oxidation sites excluding steroid dienone is 1. The topological polar surface area (TPSA) is 36.9 Å². The van der Waals surface area contributed by atoms with E-state index >= 15 is 0 Å². The van der Waals surface area contributed by atoms with Gasteiger partial charge in [-0.2, -0.15) is 13.2 Å². The zero-order valence-electron chi connectivity index (χ0n) is 15.3. The molecule has 7 heteroatoms. The van der Waals surface area contributed by atoms with E-state index in [0.29, 0.717) is 37.9 Å². The monoisotopic (exact) mass is 386 g/mol. The number of hydrogen-bond donors (Lipinski definition) is 0. The van der Waals surface area contributed by atoms with Gasteiger partial charge in [0.05, 0.1) is 32.0 Å². The maximum absolute atomic E-state index is 12.6. The van der Waals surface area contributed by atoms with E-state index in [1.807, 2.05) is 13.0 Å². The van der Waals surface area contributed by atoms with Crippen LogP contribution in [0.25, 0.3) is 0 Å². The van der Waals surface area contributed by atoms with Gasteiger partial charge in [0.15, 0.2) is 12.6 Å². The van der Waals surface area contributed by atoms with Gasteiger partial charge >= 0.3 is 6.18 Å². The smallest absolute Gasteiger partial charge is 0.352 e. The molecule has 2 fully saturated rings. The van der Waals surface area contributed by atoms with Gasteiger partial charge in [-0.15, -0.1) is 0 Å².